The molecule has 3 aromatic rings. The Hall–Kier alpha value is -2.90. The largest absolute Gasteiger partial charge is 0.370 e. The van der Waals surface area contributed by atoms with Crippen LogP contribution in [0.4, 0.5) is 15.8 Å². The number of aromatic nitrogens is 1. The van der Waals surface area contributed by atoms with Crippen LogP contribution >= 0.6 is 0 Å². The number of halogens is 1. The minimum atomic E-state index is -0.181. The molecule has 6 nitrogen and oxygen atoms in total. The van der Waals surface area contributed by atoms with Crippen molar-refractivity contribution in [2.45, 2.75) is 12.8 Å². The zero-order chi connectivity index (χ0) is 21.9. The molecule has 2 aromatic carbocycles. The number of amides is 1. The summed E-state index contributed by atoms with van der Waals surface area (Å²) in [5, 5.41) is 0.997. The number of aryl methyl sites for hydroxylation is 1. The lowest BCUT2D eigenvalue weighted by molar-refractivity contribution is -0.125. The van der Waals surface area contributed by atoms with Crippen molar-refractivity contribution in [3.63, 3.8) is 0 Å². The Morgan fingerprint density at radius 2 is 1.75 bits per heavy atom. The van der Waals surface area contributed by atoms with Gasteiger partial charge in [-0.15, -0.1) is 0 Å². The fourth-order valence-corrected chi connectivity index (χ4v) is 4.71. The minimum Gasteiger partial charge on any atom is -0.370 e. The Morgan fingerprint density at radius 1 is 0.969 bits per heavy atom. The second-order valence-corrected chi connectivity index (χ2v) is 8.55. The van der Waals surface area contributed by atoms with E-state index in [4.69, 9.17) is 4.74 Å². The van der Waals surface area contributed by atoms with E-state index < -0.39 is 0 Å². The van der Waals surface area contributed by atoms with Crippen molar-refractivity contribution in [2.75, 3.05) is 62.3 Å². The molecule has 0 saturated carbocycles. The predicted octanol–water partition coefficient (Wildman–Crippen LogP) is 3.43. The highest BCUT2D eigenvalue weighted by atomic mass is 19.1. The van der Waals surface area contributed by atoms with Crippen LogP contribution in [0.5, 0.6) is 0 Å². The lowest BCUT2D eigenvalue weighted by atomic mass is 10.1. The summed E-state index contributed by atoms with van der Waals surface area (Å²) in [6, 6.07) is 13.2. The normalized spacial score (nSPS) is 18.0. The van der Waals surface area contributed by atoms with Gasteiger partial charge in [0.25, 0.3) is 5.91 Å². The van der Waals surface area contributed by atoms with Crippen molar-refractivity contribution in [3.05, 3.63) is 60.0 Å². The number of hydrogen-bond acceptors (Lipinski definition) is 4. The van der Waals surface area contributed by atoms with Gasteiger partial charge in [0.1, 0.15) is 12.4 Å². The molecule has 0 unspecified atom stereocenters. The van der Waals surface area contributed by atoms with Crippen molar-refractivity contribution < 1.29 is 13.9 Å². The van der Waals surface area contributed by atoms with E-state index in [1.54, 1.807) is 17.0 Å². The fourth-order valence-electron chi connectivity index (χ4n) is 4.71. The lowest BCUT2D eigenvalue weighted by Crippen LogP contribution is -2.46. The molecule has 0 radical (unpaired) electrons. The molecule has 0 aliphatic carbocycles. The third-order valence-electron chi connectivity index (χ3n) is 6.53. The number of carbonyl (C=O) groups excluding carboxylic acids is 1. The molecule has 7 heteroatoms. The molecule has 1 aromatic heterocycles. The van der Waals surface area contributed by atoms with Crippen molar-refractivity contribution in [1.82, 2.24) is 9.88 Å². The molecule has 3 heterocycles. The monoisotopic (exact) mass is 436 g/mol. The number of nitrogens with zero attached hydrogens (tertiary/aromatic N) is 3. The first-order chi connectivity index (χ1) is 15.7. The number of anilines is 2. The summed E-state index contributed by atoms with van der Waals surface area (Å²) in [7, 11) is 0. The van der Waals surface area contributed by atoms with Gasteiger partial charge >= 0.3 is 0 Å². The third-order valence-corrected chi connectivity index (χ3v) is 6.53. The Morgan fingerprint density at radius 3 is 2.53 bits per heavy atom. The van der Waals surface area contributed by atoms with Crippen molar-refractivity contribution >= 4 is 28.2 Å². The van der Waals surface area contributed by atoms with Crippen molar-refractivity contribution in [2.24, 2.45) is 0 Å². The van der Waals surface area contributed by atoms with E-state index in [-0.39, 0.29) is 18.3 Å². The molecule has 0 atom stereocenters. The molecular weight excluding hydrogens is 407 g/mol. The Labute approximate surface area is 187 Å². The van der Waals surface area contributed by atoms with Gasteiger partial charge in [-0.1, -0.05) is 0 Å². The summed E-state index contributed by atoms with van der Waals surface area (Å²) in [5.41, 5.74) is 4.34. The van der Waals surface area contributed by atoms with Gasteiger partial charge in [0.15, 0.2) is 0 Å². The van der Waals surface area contributed by atoms with Crippen LogP contribution in [0.1, 0.15) is 12.0 Å². The number of piperazine rings is 1. The highest BCUT2D eigenvalue weighted by molar-refractivity contribution is 5.95. The lowest BCUT2D eigenvalue weighted by Gasteiger charge is -2.36. The molecule has 32 heavy (non-hydrogen) atoms. The number of H-pyrrole nitrogens is 1. The number of benzene rings is 2. The van der Waals surface area contributed by atoms with Gasteiger partial charge in [-0.3, -0.25) is 9.69 Å². The highest BCUT2D eigenvalue weighted by Gasteiger charge is 2.21. The number of hydrogen-bond donors (Lipinski definition) is 1. The average molecular weight is 437 g/mol. The van der Waals surface area contributed by atoms with Gasteiger partial charge in [0.2, 0.25) is 0 Å². The third kappa shape index (κ3) is 4.49. The average Bonchev–Trinajstić information content (AvgIpc) is 3.22. The Kier molecular flexibility index (Phi) is 6.10. The molecule has 0 spiro atoms. The first-order valence-electron chi connectivity index (χ1n) is 11.4. The van der Waals surface area contributed by atoms with Crippen LogP contribution in [-0.4, -0.2) is 68.3 Å². The minimum absolute atomic E-state index is 0.0235. The highest BCUT2D eigenvalue weighted by Crippen LogP contribution is 2.24. The van der Waals surface area contributed by atoms with Gasteiger partial charge in [0, 0.05) is 61.2 Å². The van der Waals surface area contributed by atoms with E-state index >= 15 is 0 Å². The first kappa shape index (κ1) is 21.0. The number of morpholine rings is 1. The van der Waals surface area contributed by atoms with Gasteiger partial charge in [0.05, 0.1) is 6.61 Å². The summed E-state index contributed by atoms with van der Waals surface area (Å²) in [6.07, 6.45) is 4.02. The summed E-state index contributed by atoms with van der Waals surface area (Å²) in [6.45, 7) is 6.48. The van der Waals surface area contributed by atoms with Gasteiger partial charge in [-0.2, -0.15) is 0 Å². The van der Waals surface area contributed by atoms with E-state index in [0.717, 1.165) is 62.2 Å². The van der Waals surface area contributed by atoms with Crippen LogP contribution in [-0.2, 0) is 16.0 Å². The second kappa shape index (κ2) is 9.30. The first-order valence-corrected chi connectivity index (χ1v) is 11.4. The summed E-state index contributed by atoms with van der Waals surface area (Å²) in [4.78, 5) is 22.0. The quantitative estimate of drug-likeness (QED) is 0.643. The molecule has 5 rings (SSSR count). The van der Waals surface area contributed by atoms with E-state index in [0.29, 0.717) is 13.2 Å². The van der Waals surface area contributed by atoms with Crippen LogP contribution in [0.15, 0.2) is 48.7 Å². The zero-order valence-electron chi connectivity index (χ0n) is 18.2. The van der Waals surface area contributed by atoms with Crippen LogP contribution in [0, 0.1) is 5.82 Å². The van der Waals surface area contributed by atoms with Crippen LogP contribution in [0.25, 0.3) is 10.9 Å². The summed E-state index contributed by atoms with van der Waals surface area (Å²) >= 11 is 0. The van der Waals surface area contributed by atoms with Crippen LogP contribution in [0.2, 0.25) is 0 Å². The summed E-state index contributed by atoms with van der Waals surface area (Å²) in [5.74, 6) is -0.158. The number of rotatable bonds is 6. The van der Waals surface area contributed by atoms with Crippen molar-refractivity contribution in [3.8, 4) is 0 Å². The smallest absolute Gasteiger partial charge is 0.253 e. The number of ether oxygens (including phenoxy) is 1. The molecule has 0 bridgehead atoms. The van der Waals surface area contributed by atoms with Gasteiger partial charge < -0.3 is 19.5 Å². The molecule has 2 aliphatic heterocycles. The Bertz CT molecular complexity index is 1070. The summed E-state index contributed by atoms with van der Waals surface area (Å²) < 4.78 is 18.8. The molecular formula is C25H29FN4O2. The molecule has 2 fully saturated rings. The molecule has 1 amide bonds. The SMILES string of the molecule is O=C1COCCN1c1ccc(N2CCN(CCCc3c[nH]c4ccc(F)cc34)CC2)cc1. The van der Waals surface area contributed by atoms with E-state index in [9.17, 15) is 9.18 Å². The van der Waals surface area contributed by atoms with Gasteiger partial charge in [-0.05, 0) is 67.4 Å². The van der Waals surface area contributed by atoms with Crippen LogP contribution < -0.4 is 9.80 Å². The maximum atomic E-state index is 13.6. The maximum absolute atomic E-state index is 13.6. The van der Waals surface area contributed by atoms with E-state index in [1.165, 1.54) is 17.3 Å². The fraction of sp³-hybridized carbons (Fsp3) is 0.400. The zero-order valence-corrected chi connectivity index (χ0v) is 18.2. The van der Waals surface area contributed by atoms with Crippen molar-refractivity contribution in [1.29, 1.82) is 0 Å². The number of nitrogens with one attached hydrogen (secondary N) is 1. The number of aromatic amines is 1. The molecule has 168 valence electrons. The molecule has 2 aliphatic rings. The topological polar surface area (TPSA) is 51.8 Å². The molecule has 2 saturated heterocycles. The number of carbonyl (C=O) groups is 1. The standard InChI is InChI=1S/C25H29FN4O2/c26-20-3-8-24-23(16-20)19(17-27-24)2-1-9-28-10-12-29(13-11-28)21-4-6-22(7-5-21)30-14-15-32-18-25(30)31/h3-8,16-17,27H,1-2,9-15,18H2. The van der Waals surface area contributed by atoms with E-state index in [2.05, 4.69) is 26.9 Å². The van der Waals surface area contributed by atoms with Crippen LogP contribution in [0.3, 0.4) is 0 Å². The number of fused-ring (bicyclic) bond motifs is 1. The molecule has 1 N–H and O–H groups in total. The maximum Gasteiger partial charge on any atom is 0.253 e. The predicted molar refractivity (Wildman–Crippen MR) is 125 cm³/mol. The van der Waals surface area contributed by atoms with Gasteiger partial charge in [-0.25, -0.2) is 4.39 Å². The van der Waals surface area contributed by atoms with E-state index in [1.807, 2.05) is 18.3 Å². The Balaban J connectivity index is 1.10. The second-order valence-electron chi connectivity index (χ2n) is 8.55.